The van der Waals surface area contributed by atoms with Crippen molar-refractivity contribution in [2.75, 3.05) is 17.6 Å². The summed E-state index contributed by atoms with van der Waals surface area (Å²) in [6, 6.07) is 9.10. The molecule has 0 heterocycles. The number of benzene rings is 2. The van der Waals surface area contributed by atoms with Crippen LogP contribution in [0.4, 0.5) is 14.5 Å². The lowest BCUT2D eigenvalue weighted by Gasteiger charge is -2.18. The van der Waals surface area contributed by atoms with Gasteiger partial charge in [-0.1, -0.05) is 24.3 Å². The highest BCUT2D eigenvalue weighted by Crippen LogP contribution is 2.24. The number of methoxy groups -OCH3 is 1. The van der Waals surface area contributed by atoms with E-state index >= 15 is 0 Å². The molecule has 8 heteroatoms. The zero-order valence-electron chi connectivity index (χ0n) is 12.9. The molecule has 0 saturated carbocycles. The molecule has 0 spiro atoms. The van der Waals surface area contributed by atoms with Crippen LogP contribution in [-0.4, -0.2) is 26.4 Å². The number of nitrogens with one attached hydrogen (secondary N) is 1. The molecule has 24 heavy (non-hydrogen) atoms. The molecule has 0 aliphatic heterocycles. The van der Waals surface area contributed by atoms with E-state index in [2.05, 4.69) is 4.72 Å². The highest BCUT2D eigenvalue weighted by molar-refractivity contribution is 7.92. The van der Waals surface area contributed by atoms with Crippen molar-refractivity contribution in [1.82, 2.24) is 0 Å². The minimum Gasteiger partial charge on any atom is -0.392 e. The maximum Gasteiger partial charge on any atom is 0.235 e. The first-order valence-corrected chi connectivity index (χ1v) is 8.68. The maximum absolute atomic E-state index is 13.8. The Bertz CT molecular complexity index is 794. The van der Waals surface area contributed by atoms with Crippen molar-refractivity contribution in [3.05, 3.63) is 65.2 Å². The largest absolute Gasteiger partial charge is 0.392 e. The zero-order chi connectivity index (χ0) is 17.7. The van der Waals surface area contributed by atoms with Crippen LogP contribution in [-0.2, 0) is 21.4 Å². The van der Waals surface area contributed by atoms with Crippen LogP contribution in [0.25, 0.3) is 0 Å². The van der Waals surface area contributed by atoms with Crippen molar-refractivity contribution in [2.45, 2.75) is 12.7 Å². The van der Waals surface area contributed by atoms with E-state index in [1.807, 2.05) is 0 Å². The number of ether oxygens (including phenoxy) is 1. The van der Waals surface area contributed by atoms with E-state index < -0.39 is 40.1 Å². The molecule has 1 unspecified atom stereocenters. The summed E-state index contributed by atoms with van der Waals surface area (Å²) < 4.78 is 58.7. The van der Waals surface area contributed by atoms with Crippen molar-refractivity contribution in [3.63, 3.8) is 0 Å². The standard InChI is InChI=1S/C16H17F2NO4S/c1-23-15(11-5-7-13(17)8-6-11)10-24(21,22)19-16-12(9-20)3-2-4-14(16)18/h2-8,15,19-20H,9-10H2,1H3. The van der Waals surface area contributed by atoms with Crippen molar-refractivity contribution >= 4 is 15.7 Å². The number of aliphatic hydroxyl groups excluding tert-OH is 1. The number of aliphatic hydroxyl groups is 1. The van der Waals surface area contributed by atoms with Crippen LogP contribution in [0, 0.1) is 11.6 Å². The number of rotatable bonds is 7. The first-order valence-electron chi connectivity index (χ1n) is 7.03. The summed E-state index contributed by atoms with van der Waals surface area (Å²) in [4.78, 5) is 0. The van der Waals surface area contributed by atoms with E-state index in [0.29, 0.717) is 5.56 Å². The van der Waals surface area contributed by atoms with Gasteiger partial charge in [0.15, 0.2) is 0 Å². The summed E-state index contributed by atoms with van der Waals surface area (Å²) in [6.07, 6.45) is -0.854. The second-order valence-electron chi connectivity index (χ2n) is 5.09. The number of halogens is 2. The summed E-state index contributed by atoms with van der Waals surface area (Å²) >= 11 is 0. The Labute approximate surface area is 138 Å². The van der Waals surface area contributed by atoms with Gasteiger partial charge in [0.1, 0.15) is 11.6 Å². The van der Waals surface area contributed by atoms with Gasteiger partial charge in [-0.25, -0.2) is 17.2 Å². The van der Waals surface area contributed by atoms with Crippen LogP contribution in [0.1, 0.15) is 17.2 Å². The van der Waals surface area contributed by atoms with Gasteiger partial charge in [0.05, 0.1) is 24.2 Å². The van der Waals surface area contributed by atoms with Gasteiger partial charge >= 0.3 is 0 Å². The highest BCUT2D eigenvalue weighted by Gasteiger charge is 2.23. The van der Waals surface area contributed by atoms with E-state index in [9.17, 15) is 22.3 Å². The molecule has 5 nitrogen and oxygen atoms in total. The fourth-order valence-corrected chi connectivity index (χ4v) is 3.54. The normalized spacial score (nSPS) is 12.8. The van der Waals surface area contributed by atoms with Gasteiger partial charge in [0.2, 0.25) is 10.0 Å². The summed E-state index contributed by atoms with van der Waals surface area (Å²) in [6.45, 7) is -0.513. The Morgan fingerprint density at radius 1 is 1.17 bits per heavy atom. The Morgan fingerprint density at radius 2 is 1.83 bits per heavy atom. The predicted molar refractivity (Wildman–Crippen MR) is 85.9 cm³/mol. The lowest BCUT2D eigenvalue weighted by molar-refractivity contribution is 0.122. The van der Waals surface area contributed by atoms with E-state index in [1.54, 1.807) is 0 Å². The minimum absolute atomic E-state index is 0.120. The first kappa shape index (κ1) is 18.3. The molecule has 0 aromatic heterocycles. The van der Waals surface area contributed by atoms with Crippen LogP contribution < -0.4 is 4.72 Å². The predicted octanol–water partition coefficient (Wildman–Crippen LogP) is 2.59. The van der Waals surface area contributed by atoms with Gasteiger partial charge in [-0.2, -0.15) is 0 Å². The fourth-order valence-electron chi connectivity index (χ4n) is 2.19. The van der Waals surface area contributed by atoms with Crippen molar-refractivity contribution in [1.29, 1.82) is 0 Å². The van der Waals surface area contributed by atoms with Gasteiger partial charge in [-0.15, -0.1) is 0 Å². The van der Waals surface area contributed by atoms with E-state index in [4.69, 9.17) is 4.74 Å². The summed E-state index contributed by atoms with van der Waals surface area (Å²) in [5.74, 6) is -1.73. The molecule has 2 rings (SSSR count). The lowest BCUT2D eigenvalue weighted by atomic mass is 10.1. The third kappa shape index (κ3) is 4.50. The SMILES string of the molecule is COC(CS(=O)(=O)Nc1c(F)cccc1CO)c1ccc(F)cc1. The Hall–Kier alpha value is -2.03. The molecular formula is C16H17F2NO4S. The number of sulfonamides is 1. The first-order chi connectivity index (χ1) is 11.4. The quantitative estimate of drug-likeness (QED) is 0.799. The topological polar surface area (TPSA) is 75.6 Å². The molecule has 2 aromatic carbocycles. The molecule has 0 aliphatic carbocycles. The monoisotopic (exact) mass is 357 g/mol. The van der Waals surface area contributed by atoms with Gasteiger partial charge in [-0.05, 0) is 23.8 Å². The van der Waals surface area contributed by atoms with Gasteiger partial charge in [0, 0.05) is 12.7 Å². The molecule has 0 amide bonds. The number of para-hydroxylation sites is 1. The number of hydrogen-bond donors (Lipinski definition) is 2. The third-order valence-corrected chi connectivity index (χ3v) is 4.68. The Balaban J connectivity index is 2.23. The third-order valence-electron chi connectivity index (χ3n) is 3.42. The zero-order valence-corrected chi connectivity index (χ0v) is 13.7. The van der Waals surface area contributed by atoms with Crippen LogP contribution in [0.3, 0.4) is 0 Å². The van der Waals surface area contributed by atoms with Crippen molar-refractivity contribution < 1.29 is 27.0 Å². The fraction of sp³-hybridized carbons (Fsp3) is 0.250. The van der Waals surface area contributed by atoms with Gasteiger partial charge < -0.3 is 9.84 Å². The molecule has 0 saturated heterocycles. The molecule has 2 N–H and O–H groups in total. The van der Waals surface area contributed by atoms with Gasteiger partial charge in [-0.3, -0.25) is 4.72 Å². The van der Waals surface area contributed by atoms with E-state index in [1.165, 1.54) is 43.5 Å². The van der Waals surface area contributed by atoms with Gasteiger partial charge in [0.25, 0.3) is 0 Å². The Kier molecular flexibility index (Phi) is 5.87. The van der Waals surface area contributed by atoms with Crippen molar-refractivity contribution in [3.8, 4) is 0 Å². The summed E-state index contributed by atoms with van der Waals surface area (Å²) in [7, 11) is -2.65. The summed E-state index contributed by atoms with van der Waals surface area (Å²) in [5.41, 5.74) is 0.295. The lowest BCUT2D eigenvalue weighted by Crippen LogP contribution is -2.24. The smallest absolute Gasteiger partial charge is 0.235 e. The second kappa shape index (κ2) is 7.69. The molecule has 2 aromatic rings. The minimum atomic E-state index is -3.98. The van der Waals surface area contributed by atoms with Crippen LogP contribution in [0.2, 0.25) is 0 Å². The summed E-state index contributed by atoms with van der Waals surface area (Å²) in [5, 5.41) is 9.21. The molecule has 1 atom stereocenters. The molecule has 0 aliphatic rings. The average Bonchev–Trinajstić information content (AvgIpc) is 2.55. The molecule has 130 valence electrons. The highest BCUT2D eigenvalue weighted by atomic mass is 32.2. The van der Waals surface area contributed by atoms with Crippen molar-refractivity contribution in [2.24, 2.45) is 0 Å². The molecule has 0 radical (unpaired) electrons. The molecule has 0 fully saturated rings. The Morgan fingerprint density at radius 3 is 2.42 bits per heavy atom. The van der Waals surface area contributed by atoms with Crippen LogP contribution >= 0.6 is 0 Å². The van der Waals surface area contributed by atoms with Crippen LogP contribution in [0.5, 0.6) is 0 Å². The maximum atomic E-state index is 13.8. The number of hydrogen-bond acceptors (Lipinski definition) is 4. The number of anilines is 1. The average molecular weight is 357 g/mol. The van der Waals surface area contributed by atoms with E-state index in [0.717, 1.165) is 6.07 Å². The second-order valence-corrected chi connectivity index (χ2v) is 6.86. The molecule has 0 bridgehead atoms. The van der Waals surface area contributed by atoms with E-state index in [-0.39, 0.29) is 11.3 Å². The molecular weight excluding hydrogens is 340 g/mol. The van der Waals surface area contributed by atoms with Crippen LogP contribution in [0.15, 0.2) is 42.5 Å².